The van der Waals surface area contributed by atoms with Crippen LogP contribution in [0.15, 0.2) is 55.1 Å². The van der Waals surface area contributed by atoms with Gasteiger partial charge in [0.2, 0.25) is 0 Å². The Balaban J connectivity index is 1.86. The Bertz CT molecular complexity index is 1030. The summed E-state index contributed by atoms with van der Waals surface area (Å²) < 4.78 is 27.7. The molecule has 0 aliphatic rings. The summed E-state index contributed by atoms with van der Waals surface area (Å²) in [6, 6.07) is 8.40. The van der Waals surface area contributed by atoms with Crippen LogP contribution in [0.25, 0.3) is 21.1 Å². The van der Waals surface area contributed by atoms with Gasteiger partial charge in [-0.05, 0) is 42.0 Å². The van der Waals surface area contributed by atoms with Gasteiger partial charge in [0.25, 0.3) is 0 Å². The second kappa shape index (κ2) is 6.74. The van der Waals surface area contributed by atoms with Gasteiger partial charge in [0.15, 0.2) is 5.82 Å². The van der Waals surface area contributed by atoms with E-state index in [9.17, 15) is 13.9 Å². The summed E-state index contributed by atoms with van der Waals surface area (Å²) in [6.45, 7) is 0. The van der Waals surface area contributed by atoms with Crippen LogP contribution in [0.5, 0.6) is 0 Å². The molecule has 130 valence electrons. The molecule has 0 saturated heterocycles. The van der Waals surface area contributed by atoms with Crippen LogP contribution in [-0.2, 0) is 0 Å². The number of aliphatic hydroxyl groups is 1. The maximum Gasteiger partial charge on any atom is 0.171 e. The Morgan fingerprint density at radius 1 is 1.04 bits per heavy atom. The summed E-state index contributed by atoms with van der Waals surface area (Å²) in [7, 11) is 0. The number of pyridine rings is 1. The average Bonchev–Trinajstić information content (AvgIpc) is 3.33. The van der Waals surface area contributed by atoms with E-state index in [2.05, 4.69) is 20.2 Å². The molecule has 5 nitrogen and oxygen atoms in total. The first kappa shape index (κ1) is 16.5. The maximum atomic E-state index is 14.1. The quantitative estimate of drug-likeness (QED) is 0.570. The van der Waals surface area contributed by atoms with Gasteiger partial charge in [-0.3, -0.25) is 4.98 Å². The van der Waals surface area contributed by atoms with Crippen molar-refractivity contribution < 1.29 is 13.9 Å². The molecule has 0 aliphatic heterocycles. The number of H-pyrrole nitrogens is 1. The number of thiophene rings is 1. The first-order chi connectivity index (χ1) is 12.6. The fourth-order valence-corrected chi connectivity index (χ4v) is 3.80. The Morgan fingerprint density at radius 3 is 2.58 bits per heavy atom. The number of aromatic nitrogens is 4. The number of rotatable bonds is 4. The summed E-state index contributed by atoms with van der Waals surface area (Å²) in [6.07, 6.45) is 3.38. The molecular weight excluding hydrogens is 358 g/mol. The summed E-state index contributed by atoms with van der Waals surface area (Å²) in [4.78, 5) is 8.32. The molecule has 3 aromatic heterocycles. The smallest absolute Gasteiger partial charge is 0.171 e. The minimum atomic E-state index is -1.35. The Hall–Kier alpha value is -2.97. The molecule has 4 aromatic rings. The summed E-state index contributed by atoms with van der Waals surface area (Å²) in [5, 5.41) is 18.5. The molecule has 0 radical (unpaired) electrons. The van der Waals surface area contributed by atoms with Crippen LogP contribution >= 0.6 is 11.3 Å². The lowest BCUT2D eigenvalue weighted by Crippen LogP contribution is -2.03. The maximum absolute atomic E-state index is 14.1. The highest BCUT2D eigenvalue weighted by molar-refractivity contribution is 7.19. The average molecular weight is 370 g/mol. The fourth-order valence-electron chi connectivity index (χ4n) is 2.66. The number of aromatic amines is 1. The van der Waals surface area contributed by atoms with E-state index in [1.165, 1.54) is 17.7 Å². The number of nitrogens with zero attached hydrogens (tertiary/aromatic N) is 3. The van der Waals surface area contributed by atoms with Gasteiger partial charge in [0.1, 0.15) is 24.1 Å². The summed E-state index contributed by atoms with van der Waals surface area (Å²) in [5.41, 5.74) is 1.18. The van der Waals surface area contributed by atoms with E-state index in [4.69, 9.17) is 0 Å². The third-order valence-corrected chi connectivity index (χ3v) is 5.11. The highest BCUT2D eigenvalue weighted by atomic mass is 32.1. The zero-order valence-corrected chi connectivity index (χ0v) is 14.0. The van der Waals surface area contributed by atoms with Gasteiger partial charge in [-0.2, -0.15) is 0 Å². The van der Waals surface area contributed by atoms with Crippen LogP contribution < -0.4 is 0 Å². The number of hydrogen-bond acceptors (Lipinski definition) is 5. The van der Waals surface area contributed by atoms with Crippen molar-refractivity contribution in [3.05, 3.63) is 77.9 Å². The zero-order chi connectivity index (χ0) is 18.1. The van der Waals surface area contributed by atoms with Crippen molar-refractivity contribution in [1.29, 1.82) is 0 Å². The monoisotopic (exact) mass is 370 g/mol. The number of nitrogens with one attached hydrogen (secondary N) is 1. The molecule has 3 heterocycles. The van der Waals surface area contributed by atoms with Crippen molar-refractivity contribution in [2.24, 2.45) is 0 Å². The number of hydrogen-bond donors (Lipinski definition) is 2. The van der Waals surface area contributed by atoms with Crippen LogP contribution in [0.2, 0.25) is 0 Å². The molecule has 1 atom stereocenters. The van der Waals surface area contributed by atoms with Crippen LogP contribution in [0, 0.1) is 11.6 Å². The highest BCUT2D eigenvalue weighted by Gasteiger charge is 2.24. The van der Waals surface area contributed by atoms with Crippen molar-refractivity contribution in [2.45, 2.75) is 6.10 Å². The van der Waals surface area contributed by atoms with E-state index in [1.807, 2.05) is 12.1 Å². The SMILES string of the molecule is OC(c1cc(F)ccc1F)c1cc(-c2ccncc2)sc1-c1nnc[nH]1. The molecule has 26 heavy (non-hydrogen) atoms. The molecule has 4 rings (SSSR count). The first-order valence-corrected chi connectivity index (χ1v) is 8.48. The number of benzene rings is 1. The van der Waals surface area contributed by atoms with Crippen molar-refractivity contribution in [2.75, 3.05) is 0 Å². The van der Waals surface area contributed by atoms with Gasteiger partial charge in [-0.1, -0.05) is 0 Å². The van der Waals surface area contributed by atoms with E-state index in [0.29, 0.717) is 16.3 Å². The normalized spacial score (nSPS) is 12.3. The summed E-state index contributed by atoms with van der Waals surface area (Å²) in [5.74, 6) is -0.855. The molecule has 1 aromatic carbocycles. The van der Waals surface area contributed by atoms with Gasteiger partial charge in [-0.15, -0.1) is 21.5 Å². The standard InChI is InChI=1S/C18H12F2N4OS/c19-11-1-2-14(20)12(7-11)16(25)13-8-15(10-3-5-21-6-4-10)26-17(13)18-22-9-23-24-18/h1-9,16,25H,(H,22,23,24). The molecule has 0 spiro atoms. The lowest BCUT2D eigenvalue weighted by Gasteiger charge is -2.12. The van der Waals surface area contributed by atoms with Gasteiger partial charge < -0.3 is 10.1 Å². The van der Waals surface area contributed by atoms with Gasteiger partial charge in [0, 0.05) is 28.4 Å². The Kier molecular flexibility index (Phi) is 4.27. The minimum absolute atomic E-state index is 0.134. The topological polar surface area (TPSA) is 74.7 Å². The van der Waals surface area contributed by atoms with Crippen LogP contribution in [-0.4, -0.2) is 25.3 Å². The van der Waals surface area contributed by atoms with Crippen molar-refractivity contribution in [1.82, 2.24) is 20.2 Å². The molecule has 8 heteroatoms. The largest absolute Gasteiger partial charge is 0.383 e. The predicted octanol–water partition coefficient (Wildman–Crippen LogP) is 3.96. The van der Waals surface area contributed by atoms with Gasteiger partial charge >= 0.3 is 0 Å². The van der Waals surface area contributed by atoms with Crippen LogP contribution in [0.3, 0.4) is 0 Å². The van der Waals surface area contributed by atoms with E-state index >= 15 is 0 Å². The molecule has 0 saturated carbocycles. The van der Waals surface area contributed by atoms with Crippen molar-refractivity contribution in [3.63, 3.8) is 0 Å². The lowest BCUT2D eigenvalue weighted by atomic mass is 10.00. The highest BCUT2D eigenvalue weighted by Crippen LogP contribution is 2.41. The third-order valence-electron chi connectivity index (χ3n) is 3.90. The summed E-state index contributed by atoms with van der Waals surface area (Å²) >= 11 is 1.37. The van der Waals surface area contributed by atoms with E-state index in [1.54, 1.807) is 18.5 Å². The Labute approximate surface area is 151 Å². The number of halogens is 2. The molecule has 0 fully saturated rings. The van der Waals surface area contributed by atoms with Crippen molar-refractivity contribution >= 4 is 11.3 Å². The predicted molar refractivity (Wildman–Crippen MR) is 93.3 cm³/mol. The van der Waals surface area contributed by atoms with E-state index in [-0.39, 0.29) is 5.56 Å². The van der Waals surface area contributed by atoms with Crippen LogP contribution in [0.4, 0.5) is 8.78 Å². The fraction of sp³-hybridized carbons (Fsp3) is 0.0556. The first-order valence-electron chi connectivity index (χ1n) is 7.67. The second-order valence-electron chi connectivity index (χ2n) is 5.54. The molecule has 0 amide bonds. The molecule has 1 unspecified atom stereocenters. The third kappa shape index (κ3) is 3.00. The Morgan fingerprint density at radius 2 is 1.85 bits per heavy atom. The van der Waals surface area contributed by atoms with Crippen molar-refractivity contribution in [3.8, 4) is 21.1 Å². The molecule has 0 aliphatic carbocycles. The van der Waals surface area contributed by atoms with E-state index < -0.39 is 17.7 Å². The zero-order valence-electron chi connectivity index (χ0n) is 13.2. The molecule has 0 bridgehead atoms. The van der Waals surface area contributed by atoms with Gasteiger partial charge in [-0.25, -0.2) is 8.78 Å². The minimum Gasteiger partial charge on any atom is -0.383 e. The molecule has 2 N–H and O–H groups in total. The van der Waals surface area contributed by atoms with E-state index in [0.717, 1.165) is 28.6 Å². The lowest BCUT2D eigenvalue weighted by molar-refractivity contribution is 0.215. The molecular formula is C18H12F2N4OS. The van der Waals surface area contributed by atoms with Gasteiger partial charge in [0.05, 0.1) is 4.88 Å². The van der Waals surface area contributed by atoms with Crippen LogP contribution in [0.1, 0.15) is 17.2 Å². The number of aliphatic hydroxyl groups excluding tert-OH is 1. The second-order valence-corrected chi connectivity index (χ2v) is 6.59.